The van der Waals surface area contributed by atoms with E-state index in [9.17, 15) is 0 Å². The van der Waals surface area contributed by atoms with Crippen LogP contribution in [0.25, 0.3) is 0 Å². The monoisotopic (exact) mass is 139 g/mol. The Bertz CT molecular complexity index is 82.5. The topological polar surface area (TPSA) is 63.9 Å². The normalized spacial score (nSPS) is 4.12. The van der Waals surface area contributed by atoms with E-state index in [1.807, 2.05) is 0 Å². The van der Waals surface area contributed by atoms with E-state index >= 15 is 0 Å². The first-order valence-electron chi connectivity index (χ1n) is 1.63. The molecule has 0 saturated carbocycles. The summed E-state index contributed by atoms with van der Waals surface area (Å²) in [6, 6.07) is 1.75. The molecule has 0 bridgehead atoms. The zero-order valence-corrected chi connectivity index (χ0v) is 8.39. The van der Waals surface area contributed by atoms with Crippen LogP contribution in [0.4, 0.5) is 0 Å². The van der Waals surface area contributed by atoms with Gasteiger partial charge < -0.3 is 9.90 Å². The predicted octanol–water partition coefficient (Wildman–Crippen LogP) is -3.71. The Morgan fingerprint density at radius 3 is 1.75 bits per heavy atom. The van der Waals surface area contributed by atoms with Gasteiger partial charge in [0.1, 0.15) is 0 Å². The molecule has 0 amide bonds. The summed E-state index contributed by atoms with van der Waals surface area (Å²) in [4.78, 5) is 8.89. The molecule has 0 heterocycles. The number of aliphatic carboxylic acids is 1. The summed E-state index contributed by atoms with van der Waals surface area (Å²) in [6.45, 7) is 2.40. The van der Waals surface area contributed by atoms with Crippen molar-refractivity contribution in [2.24, 2.45) is 0 Å². The van der Waals surface area contributed by atoms with E-state index in [4.69, 9.17) is 15.2 Å². The zero-order valence-electron chi connectivity index (χ0n) is 5.26. The van der Waals surface area contributed by atoms with Crippen LogP contribution >= 0.6 is 0 Å². The van der Waals surface area contributed by atoms with Crippen molar-refractivity contribution in [1.82, 2.24) is 0 Å². The van der Waals surface area contributed by atoms with Gasteiger partial charge in [-0.2, -0.15) is 5.26 Å². The number of carboxylic acids is 1. The van der Waals surface area contributed by atoms with E-state index in [-0.39, 0.29) is 51.4 Å². The van der Waals surface area contributed by atoms with Crippen LogP contribution in [0, 0.1) is 11.3 Å². The molecule has 0 unspecified atom stereocenters. The molecule has 0 fully saturated rings. The third-order valence-electron chi connectivity index (χ3n) is 0. The number of hydrogen-bond donors (Lipinski definition) is 0. The molecule has 40 valence electrons. The van der Waals surface area contributed by atoms with E-state index in [1.54, 1.807) is 6.07 Å². The van der Waals surface area contributed by atoms with Crippen LogP contribution in [0.15, 0.2) is 0 Å². The fraction of sp³-hybridized carbons (Fsp3) is 0.500. The van der Waals surface area contributed by atoms with Gasteiger partial charge in [-0.3, -0.25) is 0 Å². The van der Waals surface area contributed by atoms with Crippen molar-refractivity contribution in [2.45, 2.75) is 13.8 Å². The molecule has 0 atom stereocenters. The average Bonchev–Trinajstić information content (AvgIpc) is 1.33. The summed E-state index contributed by atoms with van der Waals surface area (Å²) in [6.07, 6.45) is 0. The second-order valence-corrected chi connectivity index (χ2v) is 0.715. The van der Waals surface area contributed by atoms with Crippen molar-refractivity contribution in [3.05, 3.63) is 0 Å². The molecule has 0 aliphatic rings. The smallest absolute Gasteiger partial charge is 0.550 e. The van der Waals surface area contributed by atoms with Crippen LogP contribution in [0.5, 0.6) is 0 Å². The van der Waals surface area contributed by atoms with Gasteiger partial charge in [0, 0.05) is 12.9 Å². The maximum absolute atomic E-state index is 8.89. The molecular formula is C4H6KNO2. The number of carbonyl (C=O) groups is 1. The number of nitriles is 1. The molecule has 0 aromatic heterocycles. The molecular weight excluding hydrogens is 133 g/mol. The van der Waals surface area contributed by atoms with Gasteiger partial charge in [0.2, 0.25) is 0 Å². The number of rotatable bonds is 0. The Balaban J connectivity index is -0.0000000575. The van der Waals surface area contributed by atoms with Crippen molar-refractivity contribution < 1.29 is 61.3 Å². The molecule has 0 saturated heterocycles. The van der Waals surface area contributed by atoms with E-state index < -0.39 is 5.97 Å². The summed E-state index contributed by atoms with van der Waals surface area (Å²) in [5, 5.41) is 16.2. The quantitative estimate of drug-likeness (QED) is 0.324. The fourth-order valence-electron chi connectivity index (χ4n) is 0. The number of nitrogens with zero attached hydrogens (tertiary/aromatic N) is 1. The minimum Gasteiger partial charge on any atom is -0.550 e. The Hall–Kier alpha value is 0.596. The molecule has 0 aliphatic carbocycles. The van der Waals surface area contributed by atoms with Gasteiger partial charge in [-0.1, -0.05) is 0 Å². The van der Waals surface area contributed by atoms with Gasteiger partial charge in [0.15, 0.2) is 0 Å². The van der Waals surface area contributed by atoms with Crippen LogP contribution < -0.4 is 56.5 Å². The summed E-state index contributed by atoms with van der Waals surface area (Å²) < 4.78 is 0. The molecule has 0 spiro atoms. The van der Waals surface area contributed by atoms with Crippen LogP contribution in [0.1, 0.15) is 13.8 Å². The average molecular weight is 139 g/mol. The summed E-state index contributed by atoms with van der Waals surface area (Å²) >= 11 is 0. The number of carboxylic acid groups (broad SMARTS) is 1. The second kappa shape index (κ2) is 15.6. The summed E-state index contributed by atoms with van der Waals surface area (Å²) in [5.74, 6) is -1.08. The number of carbonyl (C=O) groups excluding carboxylic acids is 1. The molecule has 0 aromatic rings. The van der Waals surface area contributed by atoms with Crippen LogP contribution in [-0.2, 0) is 4.79 Å². The van der Waals surface area contributed by atoms with Crippen molar-refractivity contribution >= 4 is 5.97 Å². The first kappa shape index (κ1) is 15.8. The predicted molar refractivity (Wildman–Crippen MR) is 22.0 cm³/mol. The minimum atomic E-state index is -1.08. The Labute approximate surface area is 91.1 Å². The molecule has 0 rings (SSSR count). The molecule has 0 aromatic carbocycles. The van der Waals surface area contributed by atoms with Crippen LogP contribution in [-0.4, -0.2) is 5.97 Å². The zero-order chi connectivity index (χ0) is 6.28. The molecule has 8 heavy (non-hydrogen) atoms. The minimum absolute atomic E-state index is 0. The van der Waals surface area contributed by atoms with Gasteiger partial charge in [0.25, 0.3) is 0 Å². The number of hydrogen-bond acceptors (Lipinski definition) is 3. The second-order valence-electron chi connectivity index (χ2n) is 0.715. The first-order chi connectivity index (χ1) is 3.15. The summed E-state index contributed by atoms with van der Waals surface area (Å²) in [7, 11) is 0. The van der Waals surface area contributed by atoms with Crippen LogP contribution in [0.3, 0.4) is 0 Å². The van der Waals surface area contributed by atoms with Crippen molar-refractivity contribution in [2.75, 3.05) is 0 Å². The Morgan fingerprint density at radius 2 is 1.75 bits per heavy atom. The van der Waals surface area contributed by atoms with E-state index in [1.165, 1.54) is 6.92 Å². The largest absolute Gasteiger partial charge is 1.00 e. The standard InChI is InChI=1S/C2H3N.C2H4O2.K/c1-2-3;1-2(3)4;/h1H3;1H3,(H,3,4);/q;;+1/p-1. The Kier molecular flexibility index (Phi) is 31.0. The molecule has 0 aliphatic heterocycles. The third-order valence-corrected chi connectivity index (χ3v) is 0. The fourth-order valence-corrected chi connectivity index (χ4v) is 0. The maximum Gasteiger partial charge on any atom is 1.00 e. The van der Waals surface area contributed by atoms with Gasteiger partial charge in [-0.05, 0) is 6.92 Å². The SMILES string of the molecule is CC#N.CC(=O)[O-].[K+]. The van der Waals surface area contributed by atoms with Gasteiger partial charge in [0.05, 0.1) is 6.07 Å². The first-order valence-corrected chi connectivity index (χ1v) is 1.63. The van der Waals surface area contributed by atoms with Gasteiger partial charge in [-0.15, -0.1) is 0 Å². The van der Waals surface area contributed by atoms with E-state index in [0.717, 1.165) is 6.92 Å². The van der Waals surface area contributed by atoms with E-state index in [0.29, 0.717) is 0 Å². The molecule has 0 N–H and O–H groups in total. The molecule has 4 heteroatoms. The van der Waals surface area contributed by atoms with Crippen molar-refractivity contribution in [3.63, 3.8) is 0 Å². The van der Waals surface area contributed by atoms with Crippen molar-refractivity contribution in [3.8, 4) is 6.07 Å². The van der Waals surface area contributed by atoms with Crippen LogP contribution in [0.2, 0.25) is 0 Å². The van der Waals surface area contributed by atoms with E-state index in [2.05, 4.69) is 0 Å². The third kappa shape index (κ3) is 581. The summed E-state index contributed by atoms with van der Waals surface area (Å²) in [5.41, 5.74) is 0. The maximum atomic E-state index is 8.89. The molecule has 0 radical (unpaired) electrons. The molecule has 3 nitrogen and oxygen atoms in total. The van der Waals surface area contributed by atoms with Crippen molar-refractivity contribution in [1.29, 1.82) is 5.26 Å². The van der Waals surface area contributed by atoms with Gasteiger partial charge in [-0.25, -0.2) is 0 Å². The Morgan fingerprint density at radius 1 is 1.75 bits per heavy atom. The van der Waals surface area contributed by atoms with Gasteiger partial charge >= 0.3 is 51.4 Å².